The van der Waals surface area contributed by atoms with Crippen LogP contribution in [-0.4, -0.2) is 0 Å². The van der Waals surface area contributed by atoms with Gasteiger partial charge in [-0.2, -0.15) is 0 Å². The summed E-state index contributed by atoms with van der Waals surface area (Å²) in [7, 11) is 0. The van der Waals surface area contributed by atoms with Crippen LogP contribution < -0.4 is 0 Å². The zero-order chi connectivity index (χ0) is 9.42. The summed E-state index contributed by atoms with van der Waals surface area (Å²) in [5.74, 6) is -1.63. The summed E-state index contributed by atoms with van der Waals surface area (Å²) in [6, 6.07) is 7.69. The van der Waals surface area contributed by atoms with E-state index in [1.54, 1.807) is 18.2 Å². The predicted molar refractivity (Wildman–Crippen MR) is 51.6 cm³/mol. The standard InChI is InChI=1S/C10H5BrF2/c11-8-3-1-2-6-4-9(12)10(13)5-7(6)8/h1-5H. The van der Waals surface area contributed by atoms with Crippen molar-refractivity contribution >= 4 is 26.7 Å². The first-order valence-corrected chi connectivity index (χ1v) is 4.51. The van der Waals surface area contributed by atoms with Crippen molar-refractivity contribution in [3.8, 4) is 0 Å². The second kappa shape index (κ2) is 3.07. The molecule has 66 valence electrons. The molecule has 0 aliphatic rings. The van der Waals surface area contributed by atoms with Gasteiger partial charge in [0.15, 0.2) is 11.6 Å². The Labute approximate surface area is 82.3 Å². The van der Waals surface area contributed by atoms with Gasteiger partial charge in [0, 0.05) is 4.47 Å². The van der Waals surface area contributed by atoms with Crippen LogP contribution in [0.25, 0.3) is 10.8 Å². The van der Waals surface area contributed by atoms with Crippen LogP contribution in [0.1, 0.15) is 0 Å². The minimum absolute atomic E-state index is 0.682. The van der Waals surface area contributed by atoms with Crippen molar-refractivity contribution in [3.05, 3.63) is 46.4 Å². The van der Waals surface area contributed by atoms with Gasteiger partial charge in [-0.05, 0) is 29.0 Å². The largest absolute Gasteiger partial charge is 0.204 e. The van der Waals surface area contributed by atoms with Gasteiger partial charge in [-0.3, -0.25) is 0 Å². The molecule has 2 aromatic rings. The molecule has 0 aliphatic heterocycles. The summed E-state index contributed by atoms with van der Waals surface area (Å²) in [5.41, 5.74) is 0. The van der Waals surface area contributed by atoms with Gasteiger partial charge in [0.05, 0.1) is 0 Å². The Morgan fingerprint density at radius 3 is 2.46 bits per heavy atom. The van der Waals surface area contributed by atoms with Gasteiger partial charge in [-0.25, -0.2) is 8.78 Å². The Morgan fingerprint density at radius 2 is 1.69 bits per heavy atom. The van der Waals surface area contributed by atoms with Gasteiger partial charge in [0.25, 0.3) is 0 Å². The number of fused-ring (bicyclic) bond motifs is 1. The average Bonchev–Trinajstić information content (AvgIpc) is 2.09. The third-order valence-electron chi connectivity index (χ3n) is 1.87. The molecule has 0 radical (unpaired) electrons. The monoisotopic (exact) mass is 242 g/mol. The Hall–Kier alpha value is -0.960. The molecule has 0 saturated heterocycles. The van der Waals surface area contributed by atoms with E-state index in [0.717, 1.165) is 4.47 Å². The number of benzene rings is 2. The first-order chi connectivity index (χ1) is 6.18. The van der Waals surface area contributed by atoms with Crippen molar-refractivity contribution in [3.63, 3.8) is 0 Å². The van der Waals surface area contributed by atoms with Crippen molar-refractivity contribution in [2.45, 2.75) is 0 Å². The lowest BCUT2D eigenvalue weighted by molar-refractivity contribution is 0.511. The van der Waals surface area contributed by atoms with E-state index in [1.807, 2.05) is 0 Å². The number of hydrogen-bond acceptors (Lipinski definition) is 0. The maximum Gasteiger partial charge on any atom is 0.159 e. The lowest BCUT2D eigenvalue weighted by Crippen LogP contribution is -1.84. The Kier molecular flexibility index (Phi) is 2.04. The molecule has 0 saturated carbocycles. The topological polar surface area (TPSA) is 0 Å². The van der Waals surface area contributed by atoms with E-state index in [1.165, 1.54) is 12.1 Å². The van der Waals surface area contributed by atoms with Crippen molar-refractivity contribution in [1.29, 1.82) is 0 Å². The SMILES string of the molecule is Fc1cc2cccc(Br)c2cc1F. The first-order valence-electron chi connectivity index (χ1n) is 3.72. The summed E-state index contributed by atoms with van der Waals surface area (Å²) in [5, 5.41) is 1.37. The summed E-state index contributed by atoms with van der Waals surface area (Å²) in [4.78, 5) is 0. The van der Waals surface area contributed by atoms with E-state index in [0.29, 0.717) is 10.8 Å². The third kappa shape index (κ3) is 1.44. The summed E-state index contributed by atoms with van der Waals surface area (Å²) >= 11 is 3.27. The molecule has 0 bridgehead atoms. The maximum atomic E-state index is 12.8. The molecule has 2 rings (SSSR count). The Morgan fingerprint density at radius 1 is 1.00 bits per heavy atom. The highest BCUT2D eigenvalue weighted by molar-refractivity contribution is 9.10. The van der Waals surface area contributed by atoms with Crippen LogP contribution in [0.4, 0.5) is 8.78 Å². The Bertz CT molecular complexity index is 466. The fraction of sp³-hybridized carbons (Fsp3) is 0. The molecular formula is C10H5BrF2. The molecule has 0 unspecified atom stereocenters. The molecule has 0 N–H and O–H groups in total. The van der Waals surface area contributed by atoms with Gasteiger partial charge in [0.2, 0.25) is 0 Å². The van der Waals surface area contributed by atoms with Crippen LogP contribution in [0.15, 0.2) is 34.8 Å². The predicted octanol–water partition coefficient (Wildman–Crippen LogP) is 3.88. The highest BCUT2D eigenvalue weighted by atomic mass is 79.9. The van der Waals surface area contributed by atoms with Crippen molar-refractivity contribution in [2.24, 2.45) is 0 Å². The Balaban J connectivity index is 2.89. The second-order valence-electron chi connectivity index (χ2n) is 2.73. The molecule has 13 heavy (non-hydrogen) atoms. The third-order valence-corrected chi connectivity index (χ3v) is 2.56. The van der Waals surface area contributed by atoms with Gasteiger partial charge >= 0.3 is 0 Å². The van der Waals surface area contributed by atoms with E-state index in [2.05, 4.69) is 15.9 Å². The summed E-state index contributed by atoms with van der Waals surface area (Å²) in [6.07, 6.45) is 0. The minimum atomic E-state index is -0.820. The highest BCUT2D eigenvalue weighted by Gasteiger charge is 2.05. The summed E-state index contributed by atoms with van der Waals surface area (Å²) < 4.78 is 26.4. The molecule has 0 nitrogen and oxygen atoms in total. The molecule has 0 atom stereocenters. The molecule has 0 heterocycles. The molecular weight excluding hydrogens is 238 g/mol. The van der Waals surface area contributed by atoms with Crippen LogP contribution >= 0.6 is 15.9 Å². The zero-order valence-corrected chi connectivity index (χ0v) is 8.11. The van der Waals surface area contributed by atoms with Crippen LogP contribution in [0, 0.1) is 11.6 Å². The van der Waals surface area contributed by atoms with Crippen molar-refractivity contribution in [1.82, 2.24) is 0 Å². The van der Waals surface area contributed by atoms with Crippen LogP contribution in [0.3, 0.4) is 0 Å². The quantitative estimate of drug-likeness (QED) is 0.658. The number of rotatable bonds is 0. The lowest BCUT2D eigenvalue weighted by atomic mass is 10.1. The minimum Gasteiger partial charge on any atom is -0.204 e. The van der Waals surface area contributed by atoms with E-state index < -0.39 is 11.6 Å². The van der Waals surface area contributed by atoms with Crippen molar-refractivity contribution < 1.29 is 8.78 Å². The number of halogens is 3. The van der Waals surface area contributed by atoms with E-state index >= 15 is 0 Å². The van der Waals surface area contributed by atoms with Gasteiger partial charge in [-0.1, -0.05) is 28.1 Å². The van der Waals surface area contributed by atoms with Gasteiger partial charge < -0.3 is 0 Å². The maximum absolute atomic E-state index is 12.8. The zero-order valence-electron chi connectivity index (χ0n) is 6.52. The van der Waals surface area contributed by atoms with E-state index in [9.17, 15) is 8.78 Å². The molecule has 3 heteroatoms. The molecule has 0 aliphatic carbocycles. The van der Waals surface area contributed by atoms with Crippen LogP contribution in [0.5, 0.6) is 0 Å². The smallest absolute Gasteiger partial charge is 0.159 e. The molecule has 0 aromatic heterocycles. The molecule has 0 amide bonds. The fourth-order valence-electron chi connectivity index (χ4n) is 1.23. The average molecular weight is 243 g/mol. The van der Waals surface area contributed by atoms with Crippen LogP contribution in [-0.2, 0) is 0 Å². The van der Waals surface area contributed by atoms with E-state index in [-0.39, 0.29) is 0 Å². The van der Waals surface area contributed by atoms with Crippen LogP contribution in [0.2, 0.25) is 0 Å². The normalized spacial score (nSPS) is 10.7. The highest BCUT2D eigenvalue weighted by Crippen LogP contribution is 2.25. The van der Waals surface area contributed by atoms with Gasteiger partial charge in [0.1, 0.15) is 0 Å². The second-order valence-corrected chi connectivity index (χ2v) is 3.58. The van der Waals surface area contributed by atoms with E-state index in [4.69, 9.17) is 0 Å². The van der Waals surface area contributed by atoms with Crippen molar-refractivity contribution in [2.75, 3.05) is 0 Å². The van der Waals surface area contributed by atoms with Gasteiger partial charge in [-0.15, -0.1) is 0 Å². The number of hydrogen-bond donors (Lipinski definition) is 0. The summed E-state index contributed by atoms with van der Waals surface area (Å²) in [6.45, 7) is 0. The molecule has 2 aromatic carbocycles. The lowest BCUT2D eigenvalue weighted by Gasteiger charge is -2.00. The molecule has 0 spiro atoms. The first kappa shape index (κ1) is 8.63. The fourth-order valence-corrected chi connectivity index (χ4v) is 1.73. The molecule has 0 fully saturated rings.